The van der Waals surface area contributed by atoms with E-state index in [1.807, 2.05) is 32.9 Å². The monoisotopic (exact) mass is 557 g/mol. The highest BCUT2D eigenvalue weighted by atomic mass is 32.1. The van der Waals surface area contributed by atoms with E-state index in [0.717, 1.165) is 32.5 Å². The lowest BCUT2D eigenvalue weighted by Gasteiger charge is -2.26. The molecule has 3 heterocycles. The first kappa shape index (κ1) is 27.3. The number of thiazole rings is 1. The maximum Gasteiger partial charge on any atom is 0.321 e. The number of carboxylic acid groups (broad SMARTS) is 1. The average Bonchev–Trinajstić information content (AvgIpc) is 3.21. The van der Waals surface area contributed by atoms with E-state index in [9.17, 15) is 14.7 Å². The predicted molar refractivity (Wildman–Crippen MR) is 156 cm³/mol. The van der Waals surface area contributed by atoms with Crippen molar-refractivity contribution in [2.45, 2.75) is 52.9 Å². The van der Waals surface area contributed by atoms with Gasteiger partial charge in [0, 0.05) is 42.5 Å². The minimum atomic E-state index is -0.726. The van der Waals surface area contributed by atoms with Gasteiger partial charge in [-0.1, -0.05) is 24.3 Å². The Morgan fingerprint density at radius 3 is 2.40 bits per heavy atom. The van der Waals surface area contributed by atoms with Crippen molar-refractivity contribution in [1.82, 2.24) is 30.2 Å². The first-order chi connectivity index (χ1) is 19.3. The van der Waals surface area contributed by atoms with Crippen molar-refractivity contribution in [3.05, 3.63) is 54.4 Å². The second kappa shape index (κ2) is 11.5. The number of hydrogen-bond acceptors (Lipinski definition) is 8. The fourth-order valence-corrected chi connectivity index (χ4v) is 5.89. The lowest BCUT2D eigenvalue weighted by atomic mass is 9.77. The van der Waals surface area contributed by atoms with Crippen LogP contribution in [0.25, 0.3) is 38.3 Å². The zero-order valence-corrected chi connectivity index (χ0v) is 23.5. The third-order valence-electron chi connectivity index (χ3n) is 7.36. The number of carbonyl (C=O) groups is 2. The molecular weight excluding hydrogens is 526 g/mol. The lowest BCUT2D eigenvalue weighted by Crippen LogP contribution is -2.29. The van der Waals surface area contributed by atoms with Gasteiger partial charge in [-0.15, -0.1) is 0 Å². The minimum absolute atomic E-state index is 0.314. The van der Waals surface area contributed by atoms with Crippen LogP contribution >= 0.6 is 11.3 Å². The van der Waals surface area contributed by atoms with E-state index in [1.165, 1.54) is 11.3 Å². The number of nitrogens with zero attached hydrogens (tertiary/aromatic N) is 5. The molecule has 0 aliphatic heterocycles. The molecule has 4 aromatic rings. The maximum absolute atomic E-state index is 12.1. The van der Waals surface area contributed by atoms with Gasteiger partial charge >= 0.3 is 12.0 Å². The van der Waals surface area contributed by atoms with Crippen molar-refractivity contribution in [2.24, 2.45) is 5.41 Å². The number of rotatable bonds is 7. The van der Waals surface area contributed by atoms with E-state index in [-0.39, 0.29) is 6.03 Å². The maximum atomic E-state index is 12.1. The highest BCUT2D eigenvalue weighted by Gasteiger charge is 2.37. The van der Waals surface area contributed by atoms with Crippen LogP contribution in [-0.4, -0.2) is 48.6 Å². The van der Waals surface area contributed by atoms with Crippen LogP contribution in [0.3, 0.4) is 0 Å². The van der Waals surface area contributed by atoms with E-state index in [0.29, 0.717) is 60.9 Å². The molecule has 3 N–H and O–H groups in total. The number of fused-ring (bicyclic) bond motifs is 1. The lowest BCUT2D eigenvalue weighted by molar-refractivity contribution is -0.150. The molecule has 10 nitrogen and oxygen atoms in total. The Morgan fingerprint density at radius 2 is 1.73 bits per heavy atom. The van der Waals surface area contributed by atoms with Crippen LogP contribution in [0.5, 0.6) is 0 Å². The Labute approximate surface area is 236 Å². The zero-order valence-electron chi connectivity index (χ0n) is 22.7. The number of amides is 2. The summed E-state index contributed by atoms with van der Waals surface area (Å²) in [5, 5.41) is 15.8. The molecule has 0 radical (unpaired) electrons. The zero-order chi connectivity index (χ0) is 28.3. The van der Waals surface area contributed by atoms with Crippen LogP contribution in [0, 0.1) is 12.3 Å². The Morgan fingerprint density at radius 1 is 1.00 bits per heavy atom. The summed E-state index contributed by atoms with van der Waals surface area (Å²) >= 11 is 1.36. The molecule has 0 bridgehead atoms. The van der Waals surface area contributed by atoms with E-state index in [2.05, 4.69) is 41.6 Å². The fourth-order valence-electron chi connectivity index (χ4n) is 4.94. The van der Waals surface area contributed by atoms with Gasteiger partial charge in [0.2, 0.25) is 0 Å². The molecule has 0 fully saturated rings. The number of urea groups is 1. The Kier molecular flexibility index (Phi) is 7.83. The van der Waals surface area contributed by atoms with E-state index >= 15 is 0 Å². The number of nitrogens with one attached hydrogen (secondary N) is 2. The van der Waals surface area contributed by atoms with Gasteiger partial charge in [-0.3, -0.25) is 10.1 Å². The Balaban J connectivity index is 1.48. The summed E-state index contributed by atoms with van der Waals surface area (Å²) in [5.74, 6) is 0.451. The largest absolute Gasteiger partial charge is 0.481 e. The van der Waals surface area contributed by atoms with Crippen LogP contribution in [-0.2, 0) is 4.79 Å². The third kappa shape index (κ3) is 5.55. The van der Waals surface area contributed by atoms with Crippen LogP contribution in [0.1, 0.15) is 57.3 Å². The summed E-state index contributed by atoms with van der Waals surface area (Å²) in [4.78, 5) is 47.1. The van der Waals surface area contributed by atoms with Crippen molar-refractivity contribution >= 4 is 44.3 Å². The second-order valence-corrected chi connectivity index (χ2v) is 11.0. The molecule has 1 atom stereocenters. The normalized spacial score (nSPS) is 17.2. The third-order valence-corrected chi connectivity index (χ3v) is 8.38. The molecule has 2 amide bonds. The number of hydrogen-bond donors (Lipinski definition) is 3. The molecule has 0 spiro atoms. The van der Waals surface area contributed by atoms with E-state index < -0.39 is 11.4 Å². The highest BCUT2D eigenvalue weighted by molar-refractivity contribution is 7.22. The van der Waals surface area contributed by atoms with Gasteiger partial charge in [-0.2, -0.15) is 0 Å². The Hall–Kier alpha value is -4.25. The molecule has 1 aliphatic rings. The van der Waals surface area contributed by atoms with Gasteiger partial charge in [0.1, 0.15) is 0 Å². The van der Waals surface area contributed by atoms with Crippen LogP contribution in [0.15, 0.2) is 43.0 Å². The Bertz CT molecular complexity index is 1580. The van der Waals surface area contributed by atoms with Gasteiger partial charge in [-0.25, -0.2) is 29.7 Å². The number of anilines is 1. The molecule has 3 aromatic heterocycles. The first-order valence-electron chi connectivity index (χ1n) is 13.4. The minimum Gasteiger partial charge on any atom is -0.481 e. The highest BCUT2D eigenvalue weighted by Crippen LogP contribution is 2.40. The summed E-state index contributed by atoms with van der Waals surface area (Å²) in [6.07, 6.45) is 12.3. The number of aliphatic carboxylic acids is 1. The smallest absolute Gasteiger partial charge is 0.321 e. The van der Waals surface area contributed by atoms with Gasteiger partial charge < -0.3 is 10.4 Å². The summed E-state index contributed by atoms with van der Waals surface area (Å²) in [6.45, 7) is 6.24. The molecular formula is C29H31N7O3S. The summed E-state index contributed by atoms with van der Waals surface area (Å²) in [6, 6.07) is 3.62. The molecule has 1 aromatic carbocycles. The molecule has 1 unspecified atom stereocenters. The number of benzene rings is 1. The van der Waals surface area contributed by atoms with E-state index in [1.54, 1.807) is 24.8 Å². The van der Waals surface area contributed by atoms with Crippen LogP contribution in [0.4, 0.5) is 9.93 Å². The van der Waals surface area contributed by atoms with Crippen molar-refractivity contribution in [2.75, 3.05) is 11.9 Å². The molecule has 206 valence electrons. The standard InChI is InChI=1S/C29H31N7O3S/c1-4-29(26(37)38)9-6-7-18(8-10-29)24-33-15-20(16-34-24)19-11-21(25-31-13-17(3)14-32-25)23-22(12-19)35-28(40-23)36-27(39)30-5-2/h7,11-16H,4-6,8-10H2,1-3H3,(H,37,38)(H2,30,35,36,39). The first-order valence-corrected chi connectivity index (χ1v) is 14.2. The summed E-state index contributed by atoms with van der Waals surface area (Å²) in [5.41, 5.74) is 4.39. The van der Waals surface area contributed by atoms with Crippen molar-refractivity contribution in [3.8, 4) is 22.5 Å². The SMILES string of the molecule is CCNC(=O)Nc1nc2cc(-c3cnc(C4=CCCC(CC)(C(=O)O)CC4)nc3)cc(-c3ncc(C)cn3)c2s1. The summed E-state index contributed by atoms with van der Waals surface area (Å²) in [7, 11) is 0. The van der Waals surface area contributed by atoms with Gasteiger partial charge in [-0.05, 0) is 74.8 Å². The molecule has 0 saturated heterocycles. The van der Waals surface area contributed by atoms with Crippen molar-refractivity contribution < 1.29 is 14.7 Å². The fraction of sp³-hybridized carbons (Fsp3) is 0.345. The molecule has 0 saturated carbocycles. The molecule has 11 heteroatoms. The molecule has 1 aliphatic carbocycles. The topological polar surface area (TPSA) is 143 Å². The number of aromatic nitrogens is 5. The quantitative estimate of drug-likeness (QED) is 0.247. The number of carbonyl (C=O) groups excluding carboxylic acids is 1. The van der Waals surface area contributed by atoms with Gasteiger partial charge in [0.05, 0.1) is 15.6 Å². The number of carboxylic acids is 1. The molecule has 40 heavy (non-hydrogen) atoms. The van der Waals surface area contributed by atoms with Crippen LogP contribution in [0.2, 0.25) is 0 Å². The van der Waals surface area contributed by atoms with Crippen molar-refractivity contribution in [1.29, 1.82) is 0 Å². The van der Waals surface area contributed by atoms with Gasteiger partial charge in [0.25, 0.3) is 0 Å². The number of allylic oxidation sites excluding steroid dienone is 2. The summed E-state index contributed by atoms with van der Waals surface area (Å²) < 4.78 is 0.860. The van der Waals surface area contributed by atoms with Crippen molar-refractivity contribution in [3.63, 3.8) is 0 Å². The second-order valence-electron chi connectivity index (χ2n) is 9.96. The van der Waals surface area contributed by atoms with Crippen LogP contribution < -0.4 is 10.6 Å². The average molecular weight is 558 g/mol. The van der Waals surface area contributed by atoms with E-state index in [4.69, 9.17) is 0 Å². The predicted octanol–water partition coefficient (Wildman–Crippen LogP) is 6.10. The molecule has 5 rings (SSSR count). The number of aryl methyl sites for hydroxylation is 1. The van der Waals surface area contributed by atoms with Gasteiger partial charge in [0.15, 0.2) is 16.8 Å².